The monoisotopic (exact) mass is 236 g/mol. The van der Waals surface area contributed by atoms with Crippen LogP contribution >= 0.6 is 0 Å². The van der Waals surface area contributed by atoms with Gasteiger partial charge < -0.3 is 15.4 Å². The van der Waals surface area contributed by atoms with E-state index in [0.717, 1.165) is 23.7 Å². The van der Waals surface area contributed by atoms with Gasteiger partial charge in [-0.25, -0.2) is 0 Å². The van der Waals surface area contributed by atoms with Crippen LogP contribution in [-0.4, -0.2) is 20.2 Å². The first kappa shape index (κ1) is 13.7. The van der Waals surface area contributed by atoms with Crippen LogP contribution in [0.2, 0.25) is 0 Å². The molecule has 1 aromatic carbocycles. The van der Waals surface area contributed by atoms with Crippen LogP contribution in [0.4, 0.5) is 11.4 Å². The number of rotatable bonds is 6. The highest BCUT2D eigenvalue weighted by molar-refractivity contribution is 5.60. The van der Waals surface area contributed by atoms with E-state index in [9.17, 15) is 0 Å². The zero-order chi connectivity index (χ0) is 12.8. The normalized spacial score (nSPS) is 10.6. The molecule has 96 valence electrons. The van der Waals surface area contributed by atoms with Crippen LogP contribution in [0.1, 0.15) is 27.2 Å². The number of anilines is 2. The van der Waals surface area contributed by atoms with E-state index in [1.165, 1.54) is 6.42 Å². The van der Waals surface area contributed by atoms with Gasteiger partial charge >= 0.3 is 0 Å². The zero-order valence-electron chi connectivity index (χ0n) is 11.4. The van der Waals surface area contributed by atoms with Gasteiger partial charge in [-0.3, -0.25) is 0 Å². The van der Waals surface area contributed by atoms with Crippen LogP contribution in [0.3, 0.4) is 0 Å². The molecule has 3 heteroatoms. The van der Waals surface area contributed by atoms with Crippen LogP contribution < -0.4 is 15.4 Å². The number of nitrogen functional groups attached to an aromatic ring is 1. The summed E-state index contributed by atoms with van der Waals surface area (Å²) in [5.41, 5.74) is 7.75. The van der Waals surface area contributed by atoms with Crippen molar-refractivity contribution in [2.24, 2.45) is 5.92 Å². The van der Waals surface area contributed by atoms with E-state index in [0.29, 0.717) is 12.5 Å². The zero-order valence-corrected chi connectivity index (χ0v) is 11.4. The highest BCUT2D eigenvalue weighted by Crippen LogP contribution is 2.25. The van der Waals surface area contributed by atoms with Crippen molar-refractivity contribution < 1.29 is 4.74 Å². The molecule has 0 spiro atoms. The third-order valence-electron chi connectivity index (χ3n) is 2.71. The molecule has 0 fully saturated rings. The van der Waals surface area contributed by atoms with E-state index in [-0.39, 0.29) is 0 Å². The average Bonchev–Trinajstić information content (AvgIpc) is 2.25. The van der Waals surface area contributed by atoms with Crippen molar-refractivity contribution in [1.82, 2.24) is 0 Å². The van der Waals surface area contributed by atoms with Gasteiger partial charge in [0.25, 0.3) is 0 Å². The van der Waals surface area contributed by atoms with Gasteiger partial charge in [-0.1, -0.05) is 13.8 Å². The van der Waals surface area contributed by atoms with Crippen molar-refractivity contribution >= 4 is 11.4 Å². The fourth-order valence-electron chi connectivity index (χ4n) is 1.66. The third kappa shape index (κ3) is 4.55. The second kappa shape index (κ2) is 6.38. The standard InChI is InChI=1S/C14H24N2O/c1-5-17-14-9-12(15)8-13(10-14)16(4)7-6-11(2)3/h8-11H,5-7,15H2,1-4H3. The second-order valence-corrected chi connectivity index (χ2v) is 4.80. The lowest BCUT2D eigenvalue weighted by atomic mass is 10.1. The fraction of sp³-hybridized carbons (Fsp3) is 0.571. The van der Waals surface area contributed by atoms with Gasteiger partial charge in [-0.05, 0) is 25.3 Å². The summed E-state index contributed by atoms with van der Waals surface area (Å²) in [5.74, 6) is 1.56. The van der Waals surface area contributed by atoms with Crippen LogP contribution in [0.5, 0.6) is 5.75 Å². The molecule has 0 saturated heterocycles. The Balaban J connectivity index is 2.74. The molecule has 0 radical (unpaired) electrons. The molecule has 0 unspecified atom stereocenters. The molecular weight excluding hydrogens is 212 g/mol. The Morgan fingerprint density at radius 2 is 2.00 bits per heavy atom. The maximum absolute atomic E-state index is 5.88. The lowest BCUT2D eigenvalue weighted by Crippen LogP contribution is -2.20. The SMILES string of the molecule is CCOc1cc(N)cc(N(C)CCC(C)C)c1. The summed E-state index contributed by atoms with van der Waals surface area (Å²) >= 11 is 0. The number of nitrogens with two attached hydrogens (primary N) is 1. The van der Waals surface area contributed by atoms with Gasteiger partial charge in [0.15, 0.2) is 0 Å². The minimum Gasteiger partial charge on any atom is -0.494 e. The molecule has 0 aliphatic rings. The van der Waals surface area contributed by atoms with Crippen molar-refractivity contribution in [2.45, 2.75) is 27.2 Å². The van der Waals surface area contributed by atoms with Gasteiger partial charge in [0, 0.05) is 37.1 Å². The van der Waals surface area contributed by atoms with Crippen LogP contribution in [0, 0.1) is 5.92 Å². The number of hydrogen-bond acceptors (Lipinski definition) is 3. The number of ether oxygens (including phenoxy) is 1. The summed E-state index contributed by atoms with van der Waals surface area (Å²) in [6.07, 6.45) is 1.18. The molecule has 0 saturated carbocycles. The smallest absolute Gasteiger partial charge is 0.123 e. The van der Waals surface area contributed by atoms with Crippen LogP contribution in [0.25, 0.3) is 0 Å². The summed E-state index contributed by atoms with van der Waals surface area (Å²) < 4.78 is 5.50. The molecule has 0 atom stereocenters. The quantitative estimate of drug-likeness (QED) is 0.771. The molecular formula is C14H24N2O. The molecule has 2 N–H and O–H groups in total. The molecule has 17 heavy (non-hydrogen) atoms. The maximum atomic E-state index is 5.88. The van der Waals surface area contributed by atoms with E-state index in [1.807, 2.05) is 25.1 Å². The summed E-state index contributed by atoms with van der Waals surface area (Å²) in [7, 11) is 2.09. The molecule has 0 aliphatic heterocycles. The first-order valence-corrected chi connectivity index (χ1v) is 6.27. The number of nitrogens with zero attached hydrogens (tertiary/aromatic N) is 1. The Bertz CT molecular complexity index is 350. The second-order valence-electron chi connectivity index (χ2n) is 4.80. The van der Waals surface area contributed by atoms with Gasteiger partial charge in [0.2, 0.25) is 0 Å². The molecule has 1 aromatic rings. The summed E-state index contributed by atoms with van der Waals surface area (Å²) in [6, 6.07) is 5.90. The molecule has 0 heterocycles. The number of hydrogen-bond donors (Lipinski definition) is 1. The van der Waals surface area contributed by atoms with Crippen molar-refractivity contribution in [3.63, 3.8) is 0 Å². The Hall–Kier alpha value is -1.38. The Morgan fingerprint density at radius 3 is 2.59 bits per heavy atom. The van der Waals surface area contributed by atoms with Crippen molar-refractivity contribution in [1.29, 1.82) is 0 Å². The lowest BCUT2D eigenvalue weighted by molar-refractivity contribution is 0.340. The van der Waals surface area contributed by atoms with Crippen LogP contribution in [0.15, 0.2) is 18.2 Å². The maximum Gasteiger partial charge on any atom is 0.123 e. The highest BCUT2D eigenvalue weighted by Gasteiger charge is 2.05. The largest absolute Gasteiger partial charge is 0.494 e. The van der Waals surface area contributed by atoms with E-state index in [4.69, 9.17) is 10.5 Å². The van der Waals surface area contributed by atoms with Crippen molar-refractivity contribution in [3.05, 3.63) is 18.2 Å². The lowest BCUT2D eigenvalue weighted by Gasteiger charge is -2.21. The summed E-state index contributed by atoms with van der Waals surface area (Å²) in [4.78, 5) is 2.22. The number of benzene rings is 1. The molecule has 0 aromatic heterocycles. The Labute approximate surface area is 105 Å². The summed E-state index contributed by atoms with van der Waals surface area (Å²) in [6.45, 7) is 8.15. The fourth-order valence-corrected chi connectivity index (χ4v) is 1.66. The molecule has 1 rings (SSSR count). The average molecular weight is 236 g/mol. The van der Waals surface area contributed by atoms with E-state index < -0.39 is 0 Å². The summed E-state index contributed by atoms with van der Waals surface area (Å²) in [5, 5.41) is 0. The predicted octanol–water partition coefficient (Wildman–Crippen LogP) is 3.15. The minimum absolute atomic E-state index is 0.665. The Morgan fingerprint density at radius 1 is 1.29 bits per heavy atom. The van der Waals surface area contributed by atoms with E-state index in [1.54, 1.807) is 0 Å². The van der Waals surface area contributed by atoms with Gasteiger partial charge in [-0.2, -0.15) is 0 Å². The van der Waals surface area contributed by atoms with Gasteiger partial charge in [0.05, 0.1) is 6.61 Å². The molecule has 0 aliphatic carbocycles. The molecule has 0 amide bonds. The molecule has 3 nitrogen and oxygen atoms in total. The Kier molecular flexibility index (Phi) is 5.13. The van der Waals surface area contributed by atoms with E-state index in [2.05, 4.69) is 25.8 Å². The van der Waals surface area contributed by atoms with Gasteiger partial charge in [-0.15, -0.1) is 0 Å². The first-order valence-electron chi connectivity index (χ1n) is 6.27. The van der Waals surface area contributed by atoms with E-state index >= 15 is 0 Å². The minimum atomic E-state index is 0.665. The molecule has 0 bridgehead atoms. The highest BCUT2D eigenvalue weighted by atomic mass is 16.5. The third-order valence-corrected chi connectivity index (χ3v) is 2.71. The van der Waals surface area contributed by atoms with Gasteiger partial charge in [0.1, 0.15) is 5.75 Å². The van der Waals surface area contributed by atoms with Crippen LogP contribution in [-0.2, 0) is 0 Å². The topological polar surface area (TPSA) is 38.5 Å². The predicted molar refractivity (Wildman–Crippen MR) is 74.7 cm³/mol. The van der Waals surface area contributed by atoms with Crippen molar-refractivity contribution in [2.75, 3.05) is 30.8 Å². The van der Waals surface area contributed by atoms with Crippen molar-refractivity contribution in [3.8, 4) is 5.75 Å². The first-order chi connectivity index (χ1) is 8.02.